The Morgan fingerprint density at radius 2 is 1.88 bits per heavy atom. The lowest BCUT2D eigenvalue weighted by molar-refractivity contribution is 0.262. The average Bonchev–Trinajstić information content (AvgIpc) is 2.79. The van der Waals surface area contributed by atoms with Crippen LogP contribution in [0.2, 0.25) is 5.02 Å². The molecular weight excluding hydrogens is 440 g/mol. The largest absolute Gasteiger partial charge is 0.323 e. The van der Waals surface area contributed by atoms with Crippen LogP contribution in [0.15, 0.2) is 71.5 Å². The van der Waals surface area contributed by atoms with Crippen molar-refractivity contribution in [2.45, 2.75) is 13.0 Å². The summed E-state index contributed by atoms with van der Waals surface area (Å²) in [6, 6.07) is 19.4. The van der Waals surface area contributed by atoms with Gasteiger partial charge in [-0.15, -0.1) is 0 Å². The van der Waals surface area contributed by atoms with E-state index < -0.39 is 12.1 Å². The van der Waals surface area contributed by atoms with Gasteiger partial charge in [-0.25, -0.2) is 9.78 Å². The fourth-order valence-corrected chi connectivity index (χ4v) is 3.71. The number of aromatic nitrogens is 2. The molecule has 1 heterocycles. The SMILES string of the molecule is CC(N)c1nc2cccc(Cl)c2c(=O)n1-c1cccc(NC(=O)Nc2ccccc2C#N)c1. The lowest BCUT2D eigenvalue weighted by Crippen LogP contribution is -2.28. The van der Waals surface area contributed by atoms with Crippen molar-refractivity contribution in [1.82, 2.24) is 9.55 Å². The molecule has 4 N–H and O–H groups in total. The molecule has 0 saturated carbocycles. The van der Waals surface area contributed by atoms with Crippen molar-refractivity contribution < 1.29 is 4.79 Å². The van der Waals surface area contributed by atoms with E-state index in [1.54, 1.807) is 73.7 Å². The molecule has 3 aromatic carbocycles. The Bertz CT molecular complexity index is 1470. The van der Waals surface area contributed by atoms with Crippen LogP contribution in [0.4, 0.5) is 16.2 Å². The number of nitrogens with two attached hydrogens (primary N) is 1. The zero-order chi connectivity index (χ0) is 23.5. The normalized spacial score (nSPS) is 11.6. The summed E-state index contributed by atoms with van der Waals surface area (Å²) in [5.74, 6) is 0.360. The van der Waals surface area contributed by atoms with E-state index >= 15 is 0 Å². The molecule has 0 aliphatic carbocycles. The van der Waals surface area contributed by atoms with Crippen molar-refractivity contribution in [3.8, 4) is 11.8 Å². The number of nitriles is 1. The maximum Gasteiger partial charge on any atom is 0.323 e. The molecule has 8 nitrogen and oxygen atoms in total. The van der Waals surface area contributed by atoms with Gasteiger partial charge in [-0.05, 0) is 49.4 Å². The molecule has 1 aromatic heterocycles. The summed E-state index contributed by atoms with van der Waals surface area (Å²) in [7, 11) is 0. The third-order valence-electron chi connectivity index (χ3n) is 4.94. The first-order valence-corrected chi connectivity index (χ1v) is 10.4. The molecule has 1 atom stereocenters. The van der Waals surface area contributed by atoms with Gasteiger partial charge in [0.05, 0.1) is 38.9 Å². The fourth-order valence-electron chi connectivity index (χ4n) is 3.46. The predicted octanol–water partition coefficient (Wildman–Crippen LogP) is 4.57. The summed E-state index contributed by atoms with van der Waals surface area (Å²) in [4.78, 5) is 30.4. The number of hydrogen-bond acceptors (Lipinski definition) is 5. The molecule has 0 bridgehead atoms. The Labute approximate surface area is 194 Å². The maximum absolute atomic E-state index is 13.4. The Kier molecular flexibility index (Phi) is 6.09. The van der Waals surface area contributed by atoms with Gasteiger partial charge in [0, 0.05) is 5.69 Å². The maximum atomic E-state index is 13.4. The second-order valence-corrected chi connectivity index (χ2v) is 7.73. The molecule has 164 valence electrons. The molecule has 33 heavy (non-hydrogen) atoms. The molecular formula is C24H19ClN6O2. The van der Waals surface area contributed by atoms with Crippen molar-refractivity contribution in [3.05, 3.63) is 93.5 Å². The highest BCUT2D eigenvalue weighted by molar-refractivity contribution is 6.35. The third kappa shape index (κ3) is 4.41. The van der Waals surface area contributed by atoms with Gasteiger partial charge >= 0.3 is 6.03 Å². The minimum Gasteiger partial charge on any atom is -0.322 e. The number of rotatable bonds is 4. The van der Waals surface area contributed by atoms with E-state index in [0.717, 1.165) is 0 Å². The lowest BCUT2D eigenvalue weighted by atomic mass is 10.2. The van der Waals surface area contributed by atoms with Crippen LogP contribution in [0.1, 0.15) is 24.4 Å². The Hall–Kier alpha value is -4.19. The molecule has 0 spiro atoms. The van der Waals surface area contributed by atoms with Crippen LogP contribution >= 0.6 is 11.6 Å². The van der Waals surface area contributed by atoms with Crippen molar-refractivity contribution in [2.24, 2.45) is 5.73 Å². The van der Waals surface area contributed by atoms with Crippen LogP contribution < -0.4 is 21.9 Å². The number of nitrogens with one attached hydrogen (secondary N) is 2. The van der Waals surface area contributed by atoms with Crippen LogP contribution in [0.5, 0.6) is 0 Å². The molecule has 0 radical (unpaired) electrons. The highest BCUT2D eigenvalue weighted by atomic mass is 35.5. The number of fused-ring (bicyclic) bond motifs is 1. The number of urea groups is 1. The first-order chi connectivity index (χ1) is 15.9. The molecule has 0 fully saturated rings. The second kappa shape index (κ2) is 9.12. The minimum atomic E-state index is -0.538. The topological polar surface area (TPSA) is 126 Å². The summed E-state index contributed by atoms with van der Waals surface area (Å²) < 4.78 is 1.40. The number of halogens is 1. The summed E-state index contributed by atoms with van der Waals surface area (Å²) in [6.07, 6.45) is 0. The van der Waals surface area contributed by atoms with Crippen molar-refractivity contribution in [2.75, 3.05) is 10.6 Å². The summed E-state index contributed by atoms with van der Waals surface area (Å²) in [6.45, 7) is 1.73. The second-order valence-electron chi connectivity index (χ2n) is 7.32. The highest BCUT2D eigenvalue weighted by Gasteiger charge is 2.18. The molecule has 0 saturated heterocycles. The Balaban J connectivity index is 1.72. The number of amides is 2. The number of benzene rings is 3. The standard InChI is InChI=1S/C24H19ClN6O2/c1-14(27)22-29-20-11-5-9-18(25)21(20)23(32)31(22)17-8-4-7-16(12-17)28-24(33)30-19-10-3-2-6-15(19)13-26/h2-12,14H,27H2,1H3,(H2,28,30,33). The van der Waals surface area contributed by atoms with E-state index in [4.69, 9.17) is 17.3 Å². The van der Waals surface area contributed by atoms with Gasteiger partial charge in [0.1, 0.15) is 11.9 Å². The van der Waals surface area contributed by atoms with Gasteiger partial charge in [0.25, 0.3) is 5.56 Å². The van der Waals surface area contributed by atoms with Gasteiger partial charge in [-0.3, -0.25) is 9.36 Å². The monoisotopic (exact) mass is 458 g/mol. The van der Waals surface area contributed by atoms with E-state index in [9.17, 15) is 14.9 Å². The molecule has 0 aliphatic rings. The quantitative estimate of drug-likeness (QED) is 0.412. The first kappa shape index (κ1) is 22.0. The summed E-state index contributed by atoms with van der Waals surface area (Å²) >= 11 is 6.28. The molecule has 2 amide bonds. The van der Waals surface area contributed by atoms with Gasteiger partial charge < -0.3 is 16.4 Å². The van der Waals surface area contributed by atoms with E-state index in [1.807, 2.05) is 6.07 Å². The highest BCUT2D eigenvalue weighted by Crippen LogP contribution is 2.23. The summed E-state index contributed by atoms with van der Waals surface area (Å²) in [5.41, 5.74) is 7.85. The van der Waals surface area contributed by atoms with Crippen molar-refractivity contribution >= 4 is 39.9 Å². The number of hydrogen-bond donors (Lipinski definition) is 3. The van der Waals surface area contributed by atoms with Crippen LogP contribution in [-0.4, -0.2) is 15.6 Å². The third-order valence-corrected chi connectivity index (χ3v) is 5.25. The van der Waals surface area contributed by atoms with E-state index in [0.29, 0.717) is 39.0 Å². The summed E-state index contributed by atoms with van der Waals surface area (Å²) in [5, 5.41) is 15.1. The van der Waals surface area contributed by atoms with Crippen LogP contribution in [0.25, 0.3) is 16.6 Å². The number of para-hydroxylation sites is 1. The minimum absolute atomic E-state index is 0.285. The lowest BCUT2D eigenvalue weighted by Gasteiger charge is -2.17. The number of nitrogens with zero attached hydrogens (tertiary/aromatic N) is 3. The van der Waals surface area contributed by atoms with E-state index in [2.05, 4.69) is 15.6 Å². The molecule has 1 unspecified atom stereocenters. The van der Waals surface area contributed by atoms with Gasteiger partial charge in [-0.1, -0.05) is 35.9 Å². The number of carbonyl (C=O) groups is 1. The molecule has 9 heteroatoms. The van der Waals surface area contributed by atoms with Crippen LogP contribution in [0.3, 0.4) is 0 Å². The number of anilines is 2. The molecule has 0 aliphatic heterocycles. The zero-order valence-electron chi connectivity index (χ0n) is 17.5. The van der Waals surface area contributed by atoms with Crippen molar-refractivity contribution in [3.63, 3.8) is 0 Å². The first-order valence-electron chi connectivity index (χ1n) is 10.0. The van der Waals surface area contributed by atoms with E-state index in [1.165, 1.54) is 4.57 Å². The Morgan fingerprint density at radius 1 is 1.12 bits per heavy atom. The Morgan fingerprint density at radius 3 is 2.64 bits per heavy atom. The van der Waals surface area contributed by atoms with E-state index in [-0.39, 0.29) is 10.9 Å². The van der Waals surface area contributed by atoms with Crippen molar-refractivity contribution in [1.29, 1.82) is 5.26 Å². The van der Waals surface area contributed by atoms with Gasteiger partial charge in [0.15, 0.2) is 0 Å². The van der Waals surface area contributed by atoms with Gasteiger partial charge in [-0.2, -0.15) is 5.26 Å². The average molecular weight is 459 g/mol. The predicted molar refractivity (Wildman–Crippen MR) is 129 cm³/mol. The molecule has 4 rings (SSSR count). The number of carbonyl (C=O) groups excluding carboxylic acids is 1. The molecule has 4 aromatic rings. The zero-order valence-corrected chi connectivity index (χ0v) is 18.3. The van der Waals surface area contributed by atoms with Crippen LogP contribution in [-0.2, 0) is 0 Å². The smallest absolute Gasteiger partial charge is 0.322 e. The van der Waals surface area contributed by atoms with Crippen LogP contribution in [0, 0.1) is 11.3 Å². The fraction of sp³-hybridized carbons (Fsp3) is 0.0833. The van der Waals surface area contributed by atoms with Gasteiger partial charge in [0.2, 0.25) is 0 Å².